The summed E-state index contributed by atoms with van der Waals surface area (Å²) in [6, 6.07) is 5.45. The molecule has 0 radical (unpaired) electrons. The van der Waals surface area contributed by atoms with Crippen molar-refractivity contribution in [1.29, 1.82) is 0 Å². The SMILES string of the molecule is Cc1c(C(=O)O)sc2ccc(N)cc12. The average Bonchev–Trinajstić information content (AvgIpc) is 2.44. The Kier molecular flexibility index (Phi) is 1.93. The van der Waals surface area contributed by atoms with Crippen LogP contribution >= 0.6 is 11.3 Å². The Morgan fingerprint density at radius 1 is 1.50 bits per heavy atom. The summed E-state index contributed by atoms with van der Waals surface area (Å²) in [6.07, 6.45) is 0. The van der Waals surface area contributed by atoms with Crippen LogP contribution in [0.3, 0.4) is 0 Å². The summed E-state index contributed by atoms with van der Waals surface area (Å²) in [6.45, 7) is 1.81. The van der Waals surface area contributed by atoms with Gasteiger partial charge in [0, 0.05) is 10.4 Å². The number of aromatic carboxylic acids is 1. The Morgan fingerprint density at radius 2 is 2.21 bits per heavy atom. The zero-order valence-electron chi connectivity index (χ0n) is 7.57. The maximum absolute atomic E-state index is 10.9. The number of benzene rings is 1. The number of nitrogen functional groups attached to an aromatic ring is 1. The highest BCUT2D eigenvalue weighted by Crippen LogP contribution is 2.31. The van der Waals surface area contributed by atoms with Crippen LogP contribution in [0.1, 0.15) is 15.2 Å². The molecule has 0 aliphatic heterocycles. The first-order chi connectivity index (χ1) is 6.59. The van der Waals surface area contributed by atoms with Crippen molar-refractivity contribution in [3.05, 3.63) is 28.6 Å². The number of nitrogens with two attached hydrogens (primary N) is 1. The maximum Gasteiger partial charge on any atom is 0.346 e. The molecular weight excluding hydrogens is 198 g/mol. The molecule has 1 aromatic carbocycles. The van der Waals surface area contributed by atoms with Crippen LogP contribution in [0.4, 0.5) is 5.69 Å². The minimum atomic E-state index is -0.873. The molecule has 4 heteroatoms. The molecule has 0 unspecified atom stereocenters. The van der Waals surface area contributed by atoms with E-state index in [0.29, 0.717) is 10.6 Å². The van der Waals surface area contributed by atoms with E-state index in [1.54, 1.807) is 6.07 Å². The smallest absolute Gasteiger partial charge is 0.346 e. The van der Waals surface area contributed by atoms with Gasteiger partial charge in [-0.25, -0.2) is 4.79 Å². The second-order valence-corrected chi connectivity index (χ2v) is 4.17. The molecule has 72 valence electrons. The van der Waals surface area contributed by atoms with Gasteiger partial charge in [0.2, 0.25) is 0 Å². The third kappa shape index (κ3) is 1.24. The summed E-state index contributed by atoms with van der Waals surface area (Å²) >= 11 is 1.29. The predicted molar refractivity (Wildman–Crippen MR) is 57.9 cm³/mol. The largest absolute Gasteiger partial charge is 0.477 e. The van der Waals surface area contributed by atoms with Gasteiger partial charge in [0.05, 0.1) is 0 Å². The van der Waals surface area contributed by atoms with Crippen molar-refractivity contribution in [3.63, 3.8) is 0 Å². The van der Waals surface area contributed by atoms with Crippen LogP contribution < -0.4 is 5.73 Å². The summed E-state index contributed by atoms with van der Waals surface area (Å²) < 4.78 is 0.967. The minimum absolute atomic E-state index is 0.394. The van der Waals surface area contributed by atoms with Gasteiger partial charge in [-0.15, -0.1) is 11.3 Å². The van der Waals surface area contributed by atoms with E-state index < -0.39 is 5.97 Å². The van der Waals surface area contributed by atoms with E-state index >= 15 is 0 Å². The number of carboxylic acid groups (broad SMARTS) is 1. The number of fused-ring (bicyclic) bond motifs is 1. The van der Waals surface area contributed by atoms with Crippen LogP contribution in [0, 0.1) is 6.92 Å². The van der Waals surface area contributed by atoms with Crippen molar-refractivity contribution >= 4 is 33.1 Å². The summed E-state index contributed by atoms with van der Waals surface area (Å²) in [4.78, 5) is 11.2. The van der Waals surface area contributed by atoms with E-state index in [2.05, 4.69) is 0 Å². The second kappa shape index (κ2) is 2.99. The number of rotatable bonds is 1. The van der Waals surface area contributed by atoms with Gasteiger partial charge >= 0.3 is 5.97 Å². The van der Waals surface area contributed by atoms with Crippen LogP contribution in [-0.2, 0) is 0 Å². The second-order valence-electron chi connectivity index (χ2n) is 3.12. The van der Waals surface area contributed by atoms with Crippen LogP contribution in [-0.4, -0.2) is 11.1 Å². The molecule has 14 heavy (non-hydrogen) atoms. The first-order valence-electron chi connectivity index (χ1n) is 4.11. The van der Waals surface area contributed by atoms with Crippen molar-refractivity contribution in [2.24, 2.45) is 0 Å². The molecule has 0 aliphatic rings. The van der Waals surface area contributed by atoms with Crippen molar-refractivity contribution < 1.29 is 9.90 Å². The molecule has 0 amide bonds. The standard InChI is InChI=1S/C10H9NO2S/c1-5-7-4-6(11)2-3-8(7)14-9(5)10(12)13/h2-4H,11H2,1H3,(H,12,13). The molecule has 2 aromatic rings. The molecule has 0 bridgehead atoms. The quantitative estimate of drug-likeness (QED) is 0.706. The molecule has 0 saturated carbocycles. The fourth-order valence-electron chi connectivity index (χ4n) is 1.44. The molecule has 0 fully saturated rings. The molecule has 1 heterocycles. The molecule has 0 atom stereocenters. The summed E-state index contributed by atoms with van der Waals surface area (Å²) in [5.74, 6) is -0.873. The fourth-order valence-corrected chi connectivity index (χ4v) is 2.47. The van der Waals surface area contributed by atoms with E-state index in [-0.39, 0.29) is 0 Å². The zero-order chi connectivity index (χ0) is 10.3. The molecular formula is C10H9NO2S. The van der Waals surface area contributed by atoms with Crippen LogP contribution in [0.5, 0.6) is 0 Å². The van der Waals surface area contributed by atoms with Crippen molar-refractivity contribution in [1.82, 2.24) is 0 Å². The average molecular weight is 207 g/mol. The summed E-state index contributed by atoms with van der Waals surface area (Å²) in [7, 11) is 0. The Bertz CT molecular complexity index is 516. The Labute approximate surface area is 84.8 Å². The van der Waals surface area contributed by atoms with Gasteiger partial charge in [0.25, 0.3) is 0 Å². The topological polar surface area (TPSA) is 63.3 Å². The number of carboxylic acids is 1. The third-order valence-corrected chi connectivity index (χ3v) is 3.42. The van der Waals surface area contributed by atoms with Gasteiger partial charge in [-0.1, -0.05) is 0 Å². The van der Waals surface area contributed by atoms with Gasteiger partial charge in [-0.05, 0) is 36.1 Å². The van der Waals surface area contributed by atoms with Gasteiger partial charge in [0.15, 0.2) is 0 Å². The third-order valence-electron chi connectivity index (χ3n) is 2.15. The molecule has 2 rings (SSSR count). The van der Waals surface area contributed by atoms with Gasteiger partial charge < -0.3 is 10.8 Å². The van der Waals surface area contributed by atoms with E-state index in [0.717, 1.165) is 15.6 Å². The lowest BCUT2D eigenvalue weighted by Crippen LogP contribution is -1.93. The van der Waals surface area contributed by atoms with Crippen LogP contribution in [0.25, 0.3) is 10.1 Å². The highest BCUT2D eigenvalue weighted by atomic mass is 32.1. The molecule has 0 aliphatic carbocycles. The number of thiophene rings is 1. The fraction of sp³-hybridized carbons (Fsp3) is 0.100. The Hall–Kier alpha value is -1.55. The van der Waals surface area contributed by atoms with Crippen molar-refractivity contribution in [2.75, 3.05) is 5.73 Å². The summed E-state index contributed by atoms with van der Waals surface area (Å²) in [5.41, 5.74) is 7.09. The number of aryl methyl sites for hydroxylation is 1. The predicted octanol–water partition coefficient (Wildman–Crippen LogP) is 2.49. The molecule has 0 saturated heterocycles. The van der Waals surface area contributed by atoms with Gasteiger partial charge in [-0.3, -0.25) is 0 Å². The highest BCUT2D eigenvalue weighted by Gasteiger charge is 2.13. The maximum atomic E-state index is 10.9. The zero-order valence-corrected chi connectivity index (χ0v) is 8.39. The first-order valence-corrected chi connectivity index (χ1v) is 4.93. The van der Waals surface area contributed by atoms with E-state index in [4.69, 9.17) is 10.8 Å². The molecule has 3 N–H and O–H groups in total. The number of carbonyl (C=O) groups is 1. The normalized spacial score (nSPS) is 10.6. The van der Waals surface area contributed by atoms with Gasteiger partial charge in [-0.2, -0.15) is 0 Å². The lowest BCUT2D eigenvalue weighted by atomic mass is 10.1. The number of hydrogen-bond donors (Lipinski definition) is 2. The highest BCUT2D eigenvalue weighted by molar-refractivity contribution is 7.21. The number of hydrogen-bond acceptors (Lipinski definition) is 3. The van der Waals surface area contributed by atoms with Crippen molar-refractivity contribution in [2.45, 2.75) is 6.92 Å². The monoisotopic (exact) mass is 207 g/mol. The Balaban J connectivity index is 2.80. The van der Waals surface area contributed by atoms with E-state index in [1.807, 2.05) is 19.1 Å². The van der Waals surface area contributed by atoms with E-state index in [9.17, 15) is 4.79 Å². The van der Waals surface area contributed by atoms with Gasteiger partial charge in [0.1, 0.15) is 4.88 Å². The summed E-state index contributed by atoms with van der Waals surface area (Å²) in [5, 5.41) is 9.85. The Morgan fingerprint density at radius 3 is 2.86 bits per heavy atom. The first kappa shape index (κ1) is 9.02. The lowest BCUT2D eigenvalue weighted by molar-refractivity contribution is 0.0701. The number of anilines is 1. The molecule has 1 aromatic heterocycles. The molecule has 3 nitrogen and oxygen atoms in total. The lowest BCUT2D eigenvalue weighted by Gasteiger charge is -1.94. The van der Waals surface area contributed by atoms with E-state index in [1.165, 1.54) is 11.3 Å². The molecule has 0 spiro atoms. The van der Waals surface area contributed by atoms with Crippen LogP contribution in [0.2, 0.25) is 0 Å². The minimum Gasteiger partial charge on any atom is -0.477 e. The van der Waals surface area contributed by atoms with Crippen molar-refractivity contribution in [3.8, 4) is 0 Å². The van der Waals surface area contributed by atoms with Crippen LogP contribution in [0.15, 0.2) is 18.2 Å².